The monoisotopic (exact) mass is 466 g/mol. The Morgan fingerprint density at radius 3 is 2.26 bits per heavy atom. The number of amides is 1. The summed E-state index contributed by atoms with van der Waals surface area (Å²) in [5.41, 5.74) is 2.24. The van der Waals surface area contributed by atoms with Crippen molar-refractivity contribution >= 4 is 34.0 Å². The predicted octanol–water partition coefficient (Wildman–Crippen LogP) is 6.06. The van der Waals surface area contributed by atoms with Crippen molar-refractivity contribution in [1.82, 2.24) is 5.16 Å². The van der Waals surface area contributed by atoms with Crippen LogP contribution >= 0.6 is 0 Å². The van der Waals surface area contributed by atoms with Crippen LogP contribution in [0.3, 0.4) is 0 Å². The summed E-state index contributed by atoms with van der Waals surface area (Å²) in [7, 11) is 0. The third-order valence-corrected chi connectivity index (χ3v) is 6.42. The van der Waals surface area contributed by atoms with Gasteiger partial charge in [-0.25, -0.2) is 0 Å². The highest BCUT2D eigenvalue weighted by Crippen LogP contribution is 2.42. The number of nitrogens with zero attached hydrogens (tertiary/aromatic N) is 2. The zero-order valence-corrected chi connectivity index (χ0v) is 20.1. The minimum absolute atomic E-state index is 0.0226. The van der Waals surface area contributed by atoms with E-state index >= 15 is 0 Å². The van der Waals surface area contributed by atoms with Gasteiger partial charge in [-0.15, -0.1) is 0 Å². The normalized spacial score (nSPS) is 17.9. The van der Waals surface area contributed by atoms with Crippen molar-refractivity contribution in [2.24, 2.45) is 0 Å². The summed E-state index contributed by atoms with van der Waals surface area (Å²) >= 11 is 0. The highest BCUT2D eigenvalue weighted by Gasteiger charge is 2.48. The molecule has 0 radical (unpaired) electrons. The van der Waals surface area contributed by atoms with Gasteiger partial charge in [-0.05, 0) is 40.3 Å². The van der Waals surface area contributed by atoms with Crippen molar-refractivity contribution in [3.63, 3.8) is 0 Å². The molecule has 0 saturated carbocycles. The number of hydrogen-bond donors (Lipinski definition) is 1. The van der Waals surface area contributed by atoms with Crippen LogP contribution in [0.5, 0.6) is 0 Å². The molecule has 1 aromatic heterocycles. The first kappa shape index (κ1) is 22.6. The van der Waals surface area contributed by atoms with Crippen molar-refractivity contribution < 1.29 is 19.2 Å². The molecule has 4 aromatic rings. The predicted molar refractivity (Wildman–Crippen MR) is 135 cm³/mol. The Balaban J connectivity index is 1.70. The van der Waals surface area contributed by atoms with Crippen LogP contribution in [0.1, 0.15) is 49.3 Å². The Labute approximate surface area is 203 Å². The van der Waals surface area contributed by atoms with Crippen LogP contribution < -0.4 is 4.90 Å². The zero-order valence-electron chi connectivity index (χ0n) is 20.1. The lowest BCUT2D eigenvalue weighted by Crippen LogP contribution is -2.29. The molecule has 1 unspecified atom stereocenters. The molecule has 1 atom stereocenters. The molecule has 0 aliphatic carbocycles. The molecule has 1 fully saturated rings. The highest BCUT2D eigenvalue weighted by molar-refractivity contribution is 6.51. The van der Waals surface area contributed by atoms with Crippen LogP contribution in [0.15, 0.2) is 82.9 Å². The third-order valence-electron chi connectivity index (χ3n) is 6.42. The summed E-state index contributed by atoms with van der Waals surface area (Å²) in [6.45, 7) is 8.07. The molecule has 2 heterocycles. The molecule has 35 heavy (non-hydrogen) atoms. The summed E-state index contributed by atoms with van der Waals surface area (Å²) < 4.78 is 5.20. The first-order chi connectivity index (χ1) is 16.6. The summed E-state index contributed by atoms with van der Waals surface area (Å²) in [4.78, 5) is 27.9. The van der Waals surface area contributed by atoms with E-state index in [1.54, 1.807) is 19.1 Å². The van der Waals surface area contributed by atoms with Gasteiger partial charge in [0.25, 0.3) is 5.78 Å². The molecule has 1 N–H and O–H groups in total. The summed E-state index contributed by atoms with van der Waals surface area (Å²) in [6.07, 6.45) is 0. The first-order valence-corrected chi connectivity index (χ1v) is 11.5. The second-order valence-electron chi connectivity index (χ2n) is 9.90. The maximum Gasteiger partial charge on any atom is 0.301 e. The van der Waals surface area contributed by atoms with Crippen LogP contribution in [0.25, 0.3) is 16.5 Å². The van der Waals surface area contributed by atoms with E-state index in [9.17, 15) is 14.7 Å². The molecule has 1 aliphatic heterocycles. The van der Waals surface area contributed by atoms with Crippen molar-refractivity contribution in [2.75, 3.05) is 4.90 Å². The largest absolute Gasteiger partial charge is 0.507 e. The number of aliphatic hydroxyl groups excluding tert-OH is 1. The van der Waals surface area contributed by atoms with Crippen molar-refractivity contribution in [2.45, 2.75) is 39.2 Å². The van der Waals surface area contributed by atoms with Crippen molar-refractivity contribution in [3.8, 4) is 0 Å². The van der Waals surface area contributed by atoms with E-state index in [-0.39, 0.29) is 22.6 Å². The third kappa shape index (κ3) is 3.91. The number of anilines is 1. The van der Waals surface area contributed by atoms with Crippen molar-refractivity contribution in [3.05, 3.63) is 101 Å². The fourth-order valence-corrected chi connectivity index (χ4v) is 4.51. The molecule has 1 aliphatic rings. The summed E-state index contributed by atoms with van der Waals surface area (Å²) in [5, 5.41) is 17.3. The van der Waals surface area contributed by atoms with Gasteiger partial charge in [0.2, 0.25) is 0 Å². The Hall–Kier alpha value is -4.19. The molecule has 1 amide bonds. The SMILES string of the molecule is Cc1cc(N2C(=O)C(=O)C(=C(O)c3ccc4ccccc4c3)C2c2ccc(C(C)(C)C)cc2)no1. The van der Waals surface area contributed by atoms with Gasteiger partial charge < -0.3 is 9.63 Å². The number of rotatable bonds is 3. The molecule has 1 saturated heterocycles. The molecule has 6 nitrogen and oxygen atoms in total. The van der Waals surface area contributed by atoms with E-state index in [1.165, 1.54) is 4.90 Å². The Kier molecular flexibility index (Phi) is 5.32. The lowest BCUT2D eigenvalue weighted by atomic mass is 9.85. The van der Waals surface area contributed by atoms with Gasteiger partial charge in [0.05, 0.1) is 11.6 Å². The molecule has 0 spiro atoms. The van der Waals surface area contributed by atoms with Crippen LogP contribution in [0.4, 0.5) is 5.82 Å². The van der Waals surface area contributed by atoms with Crippen LogP contribution in [0.2, 0.25) is 0 Å². The highest BCUT2D eigenvalue weighted by atomic mass is 16.5. The second-order valence-corrected chi connectivity index (χ2v) is 9.90. The Bertz CT molecular complexity index is 1490. The van der Waals surface area contributed by atoms with Gasteiger partial charge in [0.1, 0.15) is 11.5 Å². The van der Waals surface area contributed by atoms with E-state index in [0.717, 1.165) is 16.3 Å². The van der Waals surface area contributed by atoms with Crippen LogP contribution in [-0.4, -0.2) is 22.0 Å². The van der Waals surface area contributed by atoms with E-state index in [4.69, 9.17) is 4.52 Å². The number of fused-ring (bicyclic) bond motifs is 1. The van der Waals surface area contributed by atoms with Crippen LogP contribution in [0, 0.1) is 6.92 Å². The Morgan fingerprint density at radius 1 is 0.943 bits per heavy atom. The number of benzene rings is 3. The maximum absolute atomic E-state index is 13.3. The minimum Gasteiger partial charge on any atom is -0.507 e. The lowest BCUT2D eigenvalue weighted by molar-refractivity contribution is -0.132. The van der Waals surface area contributed by atoms with E-state index < -0.39 is 17.7 Å². The second kappa shape index (κ2) is 8.24. The van der Waals surface area contributed by atoms with E-state index in [1.807, 2.05) is 60.7 Å². The number of carbonyl (C=O) groups excluding carboxylic acids is 2. The van der Waals surface area contributed by atoms with Gasteiger partial charge in [0.15, 0.2) is 5.82 Å². The number of aryl methyl sites for hydroxylation is 1. The van der Waals surface area contributed by atoms with Gasteiger partial charge in [-0.1, -0.05) is 86.6 Å². The fourth-order valence-electron chi connectivity index (χ4n) is 4.51. The molecule has 5 rings (SSSR count). The summed E-state index contributed by atoms with van der Waals surface area (Å²) in [6, 6.07) is 21.7. The number of hydrogen-bond acceptors (Lipinski definition) is 5. The number of carbonyl (C=O) groups is 2. The number of ketones is 1. The first-order valence-electron chi connectivity index (χ1n) is 11.5. The molecule has 0 bridgehead atoms. The molecular formula is C29H26N2O4. The number of Topliss-reactive ketones (excluding diaryl/α,β-unsaturated/α-hetero) is 1. The molecule has 6 heteroatoms. The standard InChI is InChI=1S/C29H26N2O4/c1-17-15-23(30-35-17)31-25(19-11-13-22(14-12-19)29(2,3)4)24(27(33)28(31)34)26(32)21-10-9-18-7-5-6-8-20(18)16-21/h5-16,25,32H,1-4H3. The average molecular weight is 467 g/mol. The van der Waals surface area contributed by atoms with Crippen molar-refractivity contribution in [1.29, 1.82) is 0 Å². The van der Waals surface area contributed by atoms with Gasteiger partial charge >= 0.3 is 5.91 Å². The average Bonchev–Trinajstić information content (AvgIpc) is 3.38. The lowest BCUT2D eigenvalue weighted by Gasteiger charge is -2.24. The molecule has 3 aromatic carbocycles. The Morgan fingerprint density at radius 2 is 1.63 bits per heavy atom. The number of aromatic nitrogens is 1. The topological polar surface area (TPSA) is 83.6 Å². The quantitative estimate of drug-likeness (QED) is 0.225. The summed E-state index contributed by atoms with van der Waals surface area (Å²) in [5.74, 6) is -1.00. The van der Waals surface area contributed by atoms with E-state index in [0.29, 0.717) is 16.9 Å². The van der Waals surface area contributed by atoms with Gasteiger partial charge in [-0.2, -0.15) is 0 Å². The minimum atomic E-state index is -0.847. The van der Waals surface area contributed by atoms with Crippen LogP contribution in [-0.2, 0) is 15.0 Å². The molecule has 176 valence electrons. The van der Waals surface area contributed by atoms with Gasteiger partial charge in [0, 0.05) is 11.6 Å². The smallest absolute Gasteiger partial charge is 0.301 e. The van der Waals surface area contributed by atoms with Gasteiger partial charge in [-0.3, -0.25) is 14.5 Å². The molecular weight excluding hydrogens is 440 g/mol. The fraction of sp³-hybridized carbons (Fsp3) is 0.207. The zero-order chi connectivity index (χ0) is 24.9. The van der Waals surface area contributed by atoms with E-state index in [2.05, 4.69) is 25.9 Å². The number of aliphatic hydroxyl groups is 1. The maximum atomic E-state index is 13.3.